The fourth-order valence-electron chi connectivity index (χ4n) is 0.518. The maximum atomic E-state index is 5.54. The zero-order valence-corrected chi connectivity index (χ0v) is 5.30. The van der Waals surface area contributed by atoms with Crippen LogP contribution in [0.2, 0.25) is 5.82 Å². The molecule has 0 aliphatic heterocycles. The van der Waals surface area contributed by atoms with Gasteiger partial charge < -0.3 is 0 Å². The lowest BCUT2D eigenvalue weighted by atomic mass is 9.84. The van der Waals surface area contributed by atoms with Gasteiger partial charge in [0, 0.05) is 0 Å². The average molecular weight is 106 g/mol. The van der Waals surface area contributed by atoms with Crippen molar-refractivity contribution in [1.29, 1.82) is 0 Å². The number of rotatable bonds is 3. The van der Waals surface area contributed by atoms with Gasteiger partial charge in [-0.1, -0.05) is 24.0 Å². The maximum Gasteiger partial charge on any atom is 0.0759 e. The van der Waals surface area contributed by atoms with Crippen molar-refractivity contribution in [3.05, 3.63) is 24.8 Å². The van der Waals surface area contributed by atoms with Gasteiger partial charge in [-0.15, -0.1) is 6.58 Å². The Hall–Kier alpha value is -0.455. The van der Waals surface area contributed by atoms with Gasteiger partial charge in [0.05, 0.1) is 7.85 Å². The molecule has 2 radical (unpaired) electrons. The van der Waals surface area contributed by atoms with E-state index in [1.165, 1.54) is 0 Å². The molecule has 0 aromatic rings. The van der Waals surface area contributed by atoms with Gasteiger partial charge in [0.2, 0.25) is 0 Å². The van der Waals surface area contributed by atoms with Gasteiger partial charge in [0.25, 0.3) is 0 Å². The van der Waals surface area contributed by atoms with Crippen LogP contribution in [0.25, 0.3) is 0 Å². The van der Waals surface area contributed by atoms with Crippen LogP contribution in [0.5, 0.6) is 0 Å². The van der Waals surface area contributed by atoms with E-state index in [2.05, 4.69) is 6.58 Å². The van der Waals surface area contributed by atoms with E-state index in [0.717, 1.165) is 6.42 Å². The molecule has 1 unspecified atom stereocenters. The fourth-order valence-corrected chi connectivity index (χ4v) is 0.518. The van der Waals surface area contributed by atoms with E-state index < -0.39 is 0 Å². The highest BCUT2D eigenvalue weighted by molar-refractivity contribution is 6.12. The van der Waals surface area contributed by atoms with Crippen molar-refractivity contribution in [1.82, 2.24) is 0 Å². The summed E-state index contributed by atoms with van der Waals surface area (Å²) in [6, 6.07) is 0. The van der Waals surface area contributed by atoms with Gasteiger partial charge in [0.15, 0.2) is 0 Å². The van der Waals surface area contributed by atoms with Crippen molar-refractivity contribution in [2.24, 2.45) is 0 Å². The average Bonchev–Trinajstić information content (AvgIpc) is 1.68. The third-order valence-electron chi connectivity index (χ3n) is 0.878. The molecule has 0 heterocycles. The van der Waals surface area contributed by atoms with Crippen molar-refractivity contribution in [2.45, 2.75) is 19.2 Å². The van der Waals surface area contributed by atoms with Crippen molar-refractivity contribution in [2.75, 3.05) is 0 Å². The molecule has 0 spiro atoms. The lowest BCUT2D eigenvalue weighted by molar-refractivity contribution is 1.04. The summed E-state index contributed by atoms with van der Waals surface area (Å²) in [4.78, 5) is 0. The predicted molar refractivity (Wildman–Crippen MR) is 39.1 cm³/mol. The lowest BCUT2D eigenvalue weighted by Gasteiger charge is -1.97. The van der Waals surface area contributed by atoms with Crippen molar-refractivity contribution < 1.29 is 0 Å². The molecule has 0 fully saturated rings. The third-order valence-corrected chi connectivity index (χ3v) is 0.878. The van der Waals surface area contributed by atoms with Gasteiger partial charge >= 0.3 is 0 Å². The number of allylic oxidation sites excluding steroid dienone is 3. The van der Waals surface area contributed by atoms with Gasteiger partial charge in [0.1, 0.15) is 0 Å². The topological polar surface area (TPSA) is 0 Å². The van der Waals surface area contributed by atoms with E-state index in [9.17, 15) is 0 Å². The first-order chi connectivity index (χ1) is 3.81. The molecule has 0 nitrogen and oxygen atoms in total. The molecule has 8 heavy (non-hydrogen) atoms. The second kappa shape index (κ2) is 4.70. The monoisotopic (exact) mass is 106 g/mol. The number of hydrogen-bond donors (Lipinski definition) is 0. The van der Waals surface area contributed by atoms with Gasteiger partial charge in [-0.05, 0) is 13.3 Å². The summed E-state index contributed by atoms with van der Waals surface area (Å²) in [5, 5.41) is 0. The van der Waals surface area contributed by atoms with E-state index in [4.69, 9.17) is 7.85 Å². The van der Waals surface area contributed by atoms with Crippen LogP contribution in [0, 0.1) is 0 Å². The van der Waals surface area contributed by atoms with Crippen LogP contribution >= 0.6 is 0 Å². The maximum absolute atomic E-state index is 5.54. The summed E-state index contributed by atoms with van der Waals surface area (Å²) in [6.45, 7) is 5.53. The van der Waals surface area contributed by atoms with Crippen LogP contribution in [0.15, 0.2) is 24.8 Å². The highest BCUT2D eigenvalue weighted by Gasteiger charge is 1.88. The van der Waals surface area contributed by atoms with Crippen LogP contribution < -0.4 is 0 Å². The van der Waals surface area contributed by atoms with Crippen molar-refractivity contribution >= 4 is 7.85 Å². The molecule has 0 saturated heterocycles. The Morgan fingerprint density at radius 3 is 2.75 bits per heavy atom. The molecule has 0 rings (SSSR count). The standard InChI is InChI=1S/C7H11B/c1-3-5-7(8)6-4-2/h3-4,6-7H,1,5H2,2H3. The Bertz CT molecular complexity index is 84.4. The minimum atomic E-state index is 0.164. The van der Waals surface area contributed by atoms with Gasteiger partial charge in [-0.3, -0.25) is 0 Å². The van der Waals surface area contributed by atoms with Crippen molar-refractivity contribution in [3.8, 4) is 0 Å². The second-order valence-corrected chi connectivity index (χ2v) is 1.71. The quantitative estimate of drug-likeness (QED) is 0.381. The van der Waals surface area contributed by atoms with Crippen LogP contribution in [-0.4, -0.2) is 7.85 Å². The molecule has 0 amide bonds. The van der Waals surface area contributed by atoms with E-state index in [1.807, 2.05) is 25.2 Å². The van der Waals surface area contributed by atoms with Crippen LogP contribution in [-0.2, 0) is 0 Å². The van der Waals surface area contributed by atoms with Gasteiger partial charge in [-0.25, -0.2) is 0 Å². The van der Waals surface area contributed by atoms with E-state index >= 15 is 0 Å². The molecule has 0 saturated carbocycles. The highest BCUT2D eigenvalue weighted by atomic mass is 13.9. The molecular weight excluding hydrogens is 94.9 g/mol. The molecule has 0 N–H and O–H groups in total. The van der Waals surface area contributed by atoms with E-state index in [-0.39, 0.29) is 5.82 Å². The molecule has 0 aliphatic carbocycles. The summed E-state index contributed by atoms with van der Waals surface area (Å²) in [5.41, 5.74) is 0. The predicted octanol–water partition coefficient (Wildman–Crippen LogP) is 2.10. The third kappa shape index (κ3) is 3.73. The lowest BCUT2D eigenvalue weighted by Crippen LogP contribution is -1.82. The molecule has 1 atom stereocenters. The Labute approximate surface area is 52.7 Å². The van der Waals surface area contributed by atoms with E-state index in [0.29, 0.717) is 0 Å². The summed E-state index contributed by atoms with van der Waals surface area (Å²) < 4.78 is 0. The molecule has 42 valence electrons. The fraction of sp³-hybridized carbons (Fsp3) is 0.429. The highest BCUT2D eigenvalue weighted by Crippen LogP contribution is 2.05. The van der Waals surface area contributed by atoms with E-state index in [1.54, 1.807) is 0 Å². The van der Waals surface area contributed by atoms with Crippen molar-refractivity contribution in [3.63, 3.8) is 0 Å². The zero-order chi connectivity index (χ0) is 6.41. The summed E-state index contributed by atoms with van der Waals surface area (Å²) in [5.74, 6) is 0.164. The minimum absolute atomic E-state index is 0.164. The largest absolute Gasteiger partial charge is 0.103 e. The SMILES string of the molecule is [B]C(C=CC)CC=C. The summed E-state index contributed by atoms with van der Waals surface area (Å²) in [7, 11) is 5.54. The molecule has 0 aromatic carbocycles. The molecular formula is C7H11B. The van der Waals surface area contributed by atoms with Gasteiger partial charge in [-0.2, -0.15) is 0 Å². The normalized spacial score (nSPS) is 14.1. The molecule has 1 heteroatoms. The molecule has 0 aromatic heterocycles. The second-order valence-electron chi connectivity index (χ2n) is 1.71. The molecule has 0 bridgehead atoms. The molecule has 0 aliphatic rings. The van der Waals surface area contributed by atoms with Crippen LogP contribution in [0.3, 0.4) is 0 Å². The summed E-state index contributed by atoms with van der Waals surface area (Å²) in [6.07, 6.45) is 6.60. The number of hydrogen-bond acceptors (Lipinski definition) is 0. The first-order valence-electron chi connectivity index (χ1n) is 2.80. The Balaban J connectivity index is 3.31. The Kier molecular flexibility index (Phi) is 4.43. The first kappa shape index (κ1) is 7.54. The Morgan fingerprint density at radius 1 is 1.75 bits per heavy atom. The Morgan fingerprint density at radius 2 is 2.38 bits per heavy atom. The first-order valence-corrected chi connectivity index (χ1v) is 2.80. The van der Waals surface area contributed by atoms with Crippen LogP contribution in [0.4, 0.5) is 0 Å². The minimum Gasteiger partial charge on any atom is -0.103 e. The zero-order valence-electron chi connectivity index (χ0n) is 5.30. The smallest absolute Gasteiger partial charge is 0.0759 e. The van der Waals surface area contributed by atoms with Crippen LogP contribution in [0.1, 0.15) is 13.3 Å². The summed E-state index contributed by atoms with van der Waals surface area (Å²) >= 11 is 0.